The molecule has 1 rings (SSSR count). The van der Waals surface area contributed by atoms with Gasteiger partial charge in [0, 0.05) is 0 Å². The molecule has 0 heterocycles. The summed E-state index contributed by atoms with van der Waals surface area (Å²) in [4.78, 5) is 11.6. The number of rotatable bonds is 2. The summed E-state index contributed by atoms with van der Waals surface area (Å²) in [5, 5.41) is 11.4. The van der Waals surface area contributed by atoms with E-state index in [0.29, 0.717) is 11.3 Å². The molecule has 0 aliphatic carbocycles. The summed E-state index contributed by atoms with van der Waals surface area (Å²) in [5.74, 6) is -0.315. The van der Waals surface area contributed by atoms with Crippen LogP contribution in [0.1, 0.15) is 19.4 Å². The predicted octanol–water partition coefficient (Wildman–Crippen LogP) is 1.23. The van der Waals surface area contributed by atoms with Gasteiger partial charge in [0.2, 0.25) is 5.91 Å². The Labute approximate surface area is 88.7 Å². The highest BCUT2D eigenvalue weighted by Gasteiger charge is 2.22. The van der Waals surface area contributed by atoms with Gasteiger partial charge in [0.25, 0.3) is 0 Å². The maximum absolute atomic E-state index is 11.6. The van der Waals surface area contributed by atoms with Crippen molar-refractivity contribution in [2.24, 2.45) is 5.73 Å². The first kappa shape index (κ1) is 11.2. The number of para-hydroxylation sites is 1. The molecule has 0 fully saturated rings. The van der Waals surface area contributed by atoms with E-state index in [-0.39, 0.29) is 5.91 Å². The summed E-state index contributed by atoms with van der Waals surface area (Å²) < 4.78 is 0. The molecule has 0 radical (unpaired) electrons. The molecule has 15 heavy (non-hydrogen) atoms. The first-order valence-corrected chi connectivity index (χ1v) is 4.54. The van der Waals surface area contributed by atoms with Gasteiger partial charge in [-0.15, -0.1) is 0 Å². The molecule has 0 aromatic heterocycles. The van der Waals surface area contributed by atoms with E-state index in [2.05, 4.69) is 5.32 Å². The Morgan fingerprint density at radius 3 is 2.60 bits per heavy atom. The number of benzene rings is 1. The van der Waals surface area contributed by atoms with Crippen molar-refractivity contribution in [2.45, 2.75) is 19.4 Å². The molecular formula is C11H13N3O. The van der Waals surface area contributed by atoms with Crippen LogP contribution in [0.15, 0.2) is 24.3 Å². The number of nitriles is 1. The molecule has 0 aliphatic rings. The zero-order valence-corrected chi connectivity index (χ0v) is 8.74. The molecule has 1 amide bonds. The number of carbonyl (C=O) groups is 1. The zero-order chi connectivity index (χ0) is 11.5. The molecule has 0 saturated heterocycles. The van der Waals surface area contributed by atoms with Crippen LogP contribution in [0.4, 0.5) is 5.69 Å². The van der Waals surface area contributed by atoms with Crippen molar-refractivity contribution in [2.75, 3.05) is 5.32 Å². The minimum absolute atomic E-state index is 0.315. The fourth-order valence-electron chi connectivity index (χ4n) is 0.973. The van der Waals surface area contributed by atoms with Crippen molar-refractivity contribution < 1.29 is 4.79 Å². The minimum atomic E-state index is -0.956. The van der Waals surface area contributed by atoms with Crippen LogP contribution in [-0.4, -0.2) is 11.4 Å². The Morgan fingerprint density at radius 2 is 2.07 bits per heavy atom. The summed E-state index contributed by atoms with van der Waals surface area (Å²) in [6, 6.07) is 8.79. The lowest BCUT2D eigenvalue weighted by molar-refractivity contribution is -0.120. The van der Waals surface area contributed by atoms with Crippen LogP contribution in [0.2, 0.25) is 0 Å². The number of carbonyl (C=O) groups excluding carboxylic acids is 1. The average Bonchev–Trinajstić information content (AvgIpc) is 2.17. The first-order chi connectivity index (χ1) is 6.95. The van der Waals surface area contributed by atoms with Crippen LogP contribution < -0.4 is 11.1 Å². The minimum Gasteiger partial charge on any atom is -0.323 e. The Morgan fingerprint density at radius 1 is 1.47 bits per heavy atom. The maximum Gasteiger partial charge on any atom is 0.243 e. The van der Waals surface area contributed by atoms with Gasteiger partial charge in [0.15, 0.2) is 0 Å². The number of anilines is 1. The van der Waals surface area contributed by atoms with Gasteiger partial charge in [0.1, 0.15) is 6.07 Å². The van der Waals surface area contributed by atoms with Gasteiger partial charge in [-0.3, -0.25) is 4.79 Å². The molecule has 0 bridgehead atoms. The molecule has 3 N–H and O–H groups in total. The number of hydrogen-bond donors (Lipinski definition) is 2. The molecule has 0 spiro atoms. The first-order valence-electron chi connectivity index (χ1n) is 4.54. The molecule has 0 unspecified atom stereocenters. The van der Waals surface area contributed by atoms with Crippen LogP contribution in [0.3, 0.4) is 0 Å². The Kier molecular flexibility index (Phi) is 3.08. The van der Waals surface area contributed by atoms with E-state index in [1.165, 1.54) is 0 Å². The van der Waals surface area contributed by atoms with E-state index < -0.39 is 5.54 Å². The van der Waals surface area contributed by atoms with E-state index in [1.807, 2.05) is 6.07 Å². The average molecular weight is 203 g/mol. The Balaban J connectivity index is 2.92. The van der Waals surface area contributed by atoms with Gasteiger partial charge in [-0.1, -0.05) is 12.1 Å². The zero-order valence-electron chi connectivity index (χ0n) is 8.74. The highest BCUT2D eigenvalue weighted by molar-refractivity contribution is 5.98. The van der Waals surface area contributed by atoms with Gasteiger partial charge < -0.3 is 11.1 Å². The van der Waals surface area contributed by atoms with Crippen molar-refractivity contribution in [1.29, 1.82) is 5.26 Å². The van der Waals surface area contributed by atoms with Crippen LogP contribution in [0, 0.1) is 11.3 Å². The second kappa shape index (κ2) is 4.11. The van der Waals surface area contributed by atoms with Crippen molar-refractivity contribution in [1.82, 2.24) is 0 Å². The number of hydrogen-bond acceptors (Lipinski definition) is 3. The largest absolute Gasteiger partial charge is 0.323 e. The smallest absolute Gasteiger partial charge is 0.243 e. The van der Waals surface area contributed by atoms with Crippen molar-refractivity contribution in [3.8, 4) is 6.07 Å². The number of nitrogens with zero attached hydrogens (tertiary/aromatic N) is 1. The second-order valence-electron chi connectivity index (χ2n) is 3.83. The van der Waals surface area contributed by atoms with Crippen molar-refractivity contribution in [3.05, 3.63) is 29.8 Å². The fraction of sp³-hybridized carbons (Fsp3) is 0.273. The number of nitrogens with one attached hydrogen (secondary N) is 1. The summed E-state index contributed by atoms with van der Waals surface area (Å²) in [6.07, 6.45) is 0. The third-order valence-electron chi connectivity index (χ3n) is 1.88. The van der Waals surface area contributed by atoms with Crippen LogP contribution in [0.5, 0.6) is 0 Å². The maximum atomic E-state index is 11.6. The predicted molar refractivity (Wildman–Crippen MR) is 58.1 cm³/mol. The van der Waals surface area contributed by atoms with Gasteiger partial charge in [0.05, 0.1) is 16.8 Å². The lowest BCUT2D eigenvalue weighted by atomic mass is 10.1. The normalized spacial score (nSPS) is 10.5. The molecule has 4 heteroatoms. The second-order valence-corrected chi connectivity index (χ2v) is 3.83. The third kappa shape index (κ3) is 2.79. The van der Waals surface area contributed by atoms with E-state index in [9.17, 15) is 4.79 Å². The van der Waals surface area contributed by atoms with Gasteiger partial charge >= 0.3 is 0 Å². The lowest BCUT2D eigenvalue weighted by Crippen LogP contribution is -2.45. The highest BCUT2D eigenvalue weighted by Crippen LogP contribution is 2.14. The standard InChI is InChI=1S/C11H13N3O/c1-11(2,13)10(15)14-9-6-4-3-5-8(9)7-12/h3-6H,13H2,1-2H3,(H,14,15). The number of amides is 1. The van der Waals surface area contributed by atoms with Crippen molar-refractivity contribution >= 4 is 11.6 Å². The van der Waals surface area contributed by atoms with Gasteiger partial charge in [-0.2, -0.15) is 5.26 Å². The quantitative estimate of drug-likeness (QED) is 0.758. The van der Waals surface area contributed by atoms with Crippen molar-refractivity contribution in [3.63, 3.8) is 0 Å². The molecule has 4 nitrogen and oxygen atoms in total. The van der Waals surface area contributed by atoms with Crippen LogP contribution in [0.25, 0.3) is 0 Å². The van der Waals surface area contributed by atoms with Gasteiger partial charge in [-0.25, -0.2) is 0 Å². The van der Waals surface area contributed by atoms with Gasteiger partial charge in [-0.05, 0) is 26.0 Å². The summed E-state index contributed by atoms with van der Waals surface area (Å²) in [7, 11) is 0. The summed E-state index contributed by atoms with van der Waals surface area (Å²) in [6.45, 7) is 3.22. The van der Waals surface area contributed by atoms with E-state index in [0.717, 1.165) is 0 Å². The lowest BCUT2D eigenvalue weighted by Gasteiger charge is -2.18. The fourth-order valence-corrected chi connectivity index (χ4v) is 0.973. The van der Waals surface area contributed by atoms with Crippen LogP contribution in [-0.2, 0) is 4.79 Å². The molecule has 0 atom stereocenters. The summed E-state index contributed by atoms with van der Waals surface area (Å²) in [5.41, 5.74) is 5.58. The van der Waals surface area contributed by atoms with E-state index in [1.54, 1.807) is 38.1 Å². The Hall–Kier alpha value is -1.86. The van der Waals surface area contributed by atoms with E-state index in [4.69, 9.17) is 11.0 Å². The topological polar surface area (TPSA) is 78.9 Å². The molecule has 1 aromatic carbocycles. The SMILES string of the molecule is CC(C)(N)C(=O)Nc1ccccc1C#N. The van der Waals surface area contributed by atoms with E-state index >= 15 is 0 Å². The third-order valence-corrected chi connectivity index (χ3v) is 1.88. The molecule has 0 aliphatic heterocycles. The summed E-state index contributed by atoms with van der Waals surface area (Å²) >= 11 is 0. The monoisotopic (exact) mass is 203 g/mol. The molecule has 1 aromatic rings. The number of nitrogens with two attached hydrogens (primary N) is 1. The highest BCUT2D eigenvalue weighted by atomic mass is 16.2. The van der Waals surface area contributed by atoms with Crippen LogP contribution >= 0.6 is 0 Å². The molecule has 0 saturated carbocycles. The molecule has 78 valence electrons. The Bertz CT molecular complexity index is 413. The molecular weight excluding hydrogens is 190 g/mol.